The van der Waals surface area contributed by atoms with Gasteiger partial charge in [-0.1, -0.05) is 135 Å². The van der Waals surface area contributed by atoms with Crippen molar-refractivity contribution >= 4 is 12.4 Å². The highest BCUT2D eigenvalue weighted by Gasteiger charge is 2.31. The highest BCUT2D eigenvalue weighted by Crippen LogP contribution is 2.36. The third-order valence-electron chi connectivity index (χ3n) is 6.67. The maximum Gasteiger partial charge on any atom is 0.243 e. The second-order valence-corrected chi connectivity index (χ2v) is 9.26. The first kappa shape index (κ1) is 24.3. The molecule has 0 spiro atoms. The van der Waals surface area contributed by atoms with Crippen molar-refractivity contribution < 1.29 is 0 Å². The Labute approximate surface area is 196 Å². The molecule has 3 rings (SSSR count). The molecule has 0 radical (unpaired) electrons. The number of hydrogen-bond donors (Lipinski definition) is 0. The van der Waals surface area contributed by atoms with Gasteiger partial charge >= 0.3 is 0 Å². The highest BCUT2D eigenvalue weighted by atomic mass is 15.0. The van der Waals surface area contributed by atoms with E-state index in [-0.39, 0.29) is 0 Å². The van der Waals surface area contributed by atoms with Gasteiger partial charge in [0, 0.05) is 0 Å². The molecule has 0 amide bonds. The molecule has 0 aromatic heterocycles. The molecule has 0 fully saturated rings. The SMILES string of the molecule is CCCCCCCCCCCC(CC(Cc1ccccc1)c1ccccc1)[C+]1N=CC=N1. The summed E-state index contributed by atoms with van der Waals surface area (Å²) in [5, 5.41) is 0. The van der Waals surface area contributed by atoms with E-state index >= 15 is 0 Å². The van der Waals surface area contributed by atoms with E-state index in [1.54, 1.807) is 0 Å². The summed E-state index contributed by atoms with van der Waals surface area (Å²) in [5.74, 6) is 0.920. The van der Waals surface area contributed by atoms with Crippen molar-refractivity contribution in [2.75, 3.05) is 0 Å². The lowest BCUT2D eigenvalue weighted by Crippen LogP contribution is -2.15. The first-order valence-corrected chi connectivity index (χ1v) is 12.9. The molecule has 170 valence electrons. The Hall–Kier alpha value is -2.35. The van der Waals surface area contributed by atoms with Crippen LogP contribution in [0, 0.1) is 12.1 Å². The normalized spacial score (nSPS) is 14.7. The molecule has 2 heteroatoms. The van der Waals surface area contributed by atoms with E-state index in [0.717, 1.165) is 19.0 Å². The first-order valence-electron chi connectivity index (χ1n) is 12.9. The lowest BCUT2D eigenvalue weighted by Gasteiger charge is -2.23. The van der Waals surface area contributed by atoms with Gasteiger partial charge in [0.1, 0.15) is 0 Å². The van der Waals surface area contributed by atoms with Crippen molar-refractivity contribution in [1.29, 1.82) is 0 Å². The zero-order valence-corrected chi connectivity index (χ0v) is 20.0. The van der Waals surface area contributed by atoms with Crippen LogP contribution in [0.3, 0.4) is 0 Å². The van der Waals surface area contributed by atoms with Crippen LogP contribution in [0.2, 0.25) is 0 Å². The van der Waals surface area contributed by atoms with Crippen LogP contribution in [0.5, 0.6) is 0 Å². The van der Waals surface area contributed by atoms with Gasteiger partial charge in [-0.15, -0.1) is 0 Å². The standard InChI is InChI=1S/C30H41N2/c1-2-3-4-5-6-7-8-9-14-21-28(30-31-22-23-32-30)25-29(27-19-15-11-16-20-27)24-26-17-12-10-13-18-26/h10-13,15-20,22-23,28-29H,2-9,14,21,24-25H2,1H3/q+1. The molecule has 0 saturated carbocycles. The lowest BCUT2D eigenvalue weighted by molar-refractivity contribution is 0.394. The average Bonchev–Trinajstić information content (AvgIpc) is 3.38. The third kappa shape index (κ3) is 8.65. The molecule has 0 bridgehead atoms. The van der Waals surface area contributed by atoms with Gasteiger partial charge in [0.2, 0.25) is 6.17 Å². The van der Waals surface area contributed by atoms with Crippen molar-refractivity contribution in [3.8, 4) is 0 Å². The molecule has 0 N–H and O–H groups in total. The Morgan fingerprint density at radius 3 is 1.88 bits per heavy atom. The second kappa shape index (κ2) is 14.7. The third-order valence-corrected chi connectivity index (χ3v) is 6.67. The zero-order valence-electron chi connectivity index (χ0n) is 20.0. The smallest absolute Gasteiger partial charge is 0.0965 e. The Balaban J connectivity index is 1.54. The molecule has 0 saturated heterocycles. The lowest BCUT2D eigenvalue weighted by atomic mass is 9.81. The zero-order chi connectivity index (χ0) is 22.3. The van der Waals surface area contributed by atoms with Gasteiger partial charge < -0.3 is 0 Å². The molecular formula is C30H41N2+. The van der Waals surface area contributed by atoms with Crippen molar-refractivity contribution in [3.05, 3.63) is 78.0 Å². The van der Waals surface area contributed by atoms with E-state index in [4.69, 9.17) is 0 Å². The van der Waals surface area contributed by atoms with Gasteiger partial charge in [-0.3, -0.25) is 0 Å². The number of benzene rings is 2. The molecule has 1 aliphatic rings. The average molecular weight is 430 g/mol. The van der Waals surface area contributed by atoms with E-state index in [1.807, 2.05) is 12.4 Å². The summed E-state index contributed by atoms with van der Waals surface area (Å²) in [6.07, 6.45) is 20.5. The van der Waals surface area contributed by atoms with Crippen LogP contribution in [-0.4, -0.2) is 12.4 Å². The number of hydrogen-bond acceptors (Lipinski definition) is 2. The molecule has 2 atom stereocenters. The monoisotopic (exact) mass is 429 g/mol. The molecule has 2 nitrogen and oxygen atoms in total. The fourth-order valence-corrected chi connectivity index (χ4v) is 4.82. The van der Waals surface area contributed by atoms with Crippen LogP contribution in [0.1, 0.15) is 94.6 Å². The van der Waals surface area contributed by atoms with Gasteiger partial charge in [-0.05, 0) is 36.3 Å². The van der Waals surface area contributed by atoms with Crippen LogP contribution in [-0.2, 0) is 6.42 Å². The quantitative estimate of drug-likeness (QED) is 0.188. The molecule has 1 heterocycles. The molecule has 2 aromatic carbocycles. The van der Waals surface area contributed by atoms with Crippen LogP contribution in [0.15, 0.2) is 70.6 Å². The predicted molar refractivity (Wildman–Crippen MR) is 140 cm³/mol. The van der Waals surface area contributed by atoms with E-state index in [9.17, 15) is 0 Å². The number of aliphatic imine (C=N–C) groups is 2. The molecule has 32 heavy (non-hydrogen) atoms. The van der Waals surface area contributed by atoms with E-state index in [0.29, 0.717) is 11.8 Å². The molecule has 2 aromatic rings. The summed E-state index contributed by atoms with van der Waals surface area (Å²) in [6, 6.07) is 21.9. The first-order chi connectivity index (χ1) is 15.9. The van der Waals surface area contributed by atoms with Crippen LogP contribution >= 0.6 is 0 Å². The minimum Gasteiger partial charge on any atom is -0.0965 e. The van der Waals surface area contributed by atoms with Crippen LogP contribution in [0.25, 0.3) is 0 Å². The van der Waals surface area contributed by atoms with Crippen LogP contribution < -0.4 is 0 Å². The van der Waals surface area contributed by atoms with Gasteiger partial charge in [-0.2, -0.15) is 0 Å². The molecule has 1 aliphatic heterocycles. The Morgan fingerprint density at radius 1 is 0.688 bits per heavy atom. The summed E-state index contributed by atoms with van der Waals surface area (Å²) in [4.78, 5) is 9.23. The largest absolute Gasteiger partial charge is 0.243 e. The highest BCUT2D eigenvalue weighted by molar-refractivity contribution is 6.18. The fraction of sp³-hybridized carbons (Fsp3) is 0.500. The van der Waals surface area contributed by atoms with Gasteiger partial charge in [0.25, 0.3) is 0 Å². The fourth-order valence-electron chi connectivity index (χ4n) is 4.82. The van der Waals surface area contributed by atoms with Crippen molar-refractivity contribution in [2.45, 2.75) is 89.9 Å². The van der Waals surface area contributed by atoms with Crippen molar-refractivity contribution in [2.24, 2.45) is 15.9 Å². The maximum atomic E-state index is 4.62. The van der Waals surface area contributed by atoms with Gasteiger partial charge in [0.15, 0.2) is 12.4 Å². The number of rotatable bonds is 16. The number of nitrogens with zero attached hydrogens (tertiary/aromatic N) is 2. The van der Waals surface area contributed by atoms with E-state index < -0.39 is 0 Å². The Bertz CT molecular complexity index is 769. The van der Waals surface area contributed by atoms with Gasteiger partial charge in [-0.25, -0.2) is 0 Å². The topological polar surface area (TPSA) is 24.7 Å². The Morgan fingerprint density at radius 2 is 1.25 bits per heavy atom. The molecule has 0 aliphatic carbocycles. The summed E-state index contributed by atoms with van der Waals surface area (Å²) in [5.41, 5.74) is 2.84. The van der Waals surface area contributed by atoms with E-state index in [1.165, 1.54) is 75.3 Å². The van der Waals surface area contributed by atoms with Crippen LogP contribution in [0.4, 0.5) is 0 Å². The summed E-state index contributed by atoms with van der Waals surface area (Å²) < 4.78 is 0. The van der Waals surface area contributed by atoms with Crippen molar-refractivity contribution in [1.82, 2.24) is 0 Å². The minimum absolute atomic E-state index is 0.434. The summed E-state index contributed by atoms with van der Waals surface area (Å²) in [7, 11) is 0. The van der Waals surface area contributed by atoms with Crippen molar-refractivity contribution in [3.63, 3.8) is 0 Å². The number of unbranched alkanes of at least 4 members (excludes halogenated alkanes) is 8. The van der Waals surface area contributed by atoms with E-state index in [2.05, 4.69) is 77.6 Å². The minimum atomic E-state index is 0.434. The maximum absolute atomic E-state index is 4.62. The summed E-state index contributed by atoms with van der Waals surface area (Å²) in [6.45, 7) is 2.29. The molecule has 2 unspecified atom stereocenters. The molecular weight excluding hydrogens is 388 g/mol. The summed E-state index contributed by atoms with van der Waals surface area (Å²) >= 11 is 0. The second-order valence-electron chi connectivity index (χ2n) is 9.26. The predicted octanol–water partition coefficient (Wildman–Crippen LogP) is 8.58. The Kier molecular flexibility index (Phi) is 11.1. The van der Waals surface area contributed by atoms with Gasteiger partial charge in [0.05, 0.1) is 5.92 Å².